The Kier molecular flexibility index (Phi) is 10.4. The molecule has 10 heteroatoms. The number of nitrogens with two attached hydrogens (primary N) is 1. The molecule has 216 valence electrons. The average molecular weight is 544 g/mol. The number of ether oxygens (including phenoxy) is 1. The molecule has 1 aromatic carbocycles. The number of benzene rings is 1. The fraction of sp³-hybridized carbons (Fsp3) is 0.655. The Morgan fingerprint density at radius 3 is 2.33 bits per heavy atom. The first-order chi connectivity index (χ1) is 18.4. The number of likely N-dealkylation sites (N-methyl/N-ethyl adjacent to an activating group) is 1. The lowest BCUT2D eigenvalue weighted by Crippen LogP contribution is -2.56. The van der Waals surface area contributed by atoms with Crippen LogP contribution in [0.1, 0.15) is 71.8 Å². The highest BCUT2D eigenvalue weighted by Gasteiger charge is 2.40. The van der Waals surface area contributed by atoms with Gasteiger partial charge in [-0.2, -0.15) is 0 Å². The first kappa shape index (κ1) is 30.4. The van der Waals surface area contributed by atoms with E-state index in [0.717, 1.165) is 37.7 Å². The van der Waals surface area contributed by atoms with Crippen LogP contribution in [0.2, 0.25) is 0 Å². The van der Waals surface area contributed by atoms with Gasteiger partial charge < -0.3 is 15.0 Å². The van der Waals surface area contributed by atoms with Crippen LogP contribution in [0.5, 0.6) is 0 Å². The maximum Gasteiger partial charge on any atom is 0.410 e. The zero-order valence-electron chi connectivity index (χ0n) is 24.0. The lowest BCUT2D eigenvalue weighted by Gasteiger charge is -2.34. The number of hydrogen-bond donors (Lipinski definition) is 2. The van der Waals surface area contributed by atoms with Gasteiger partial charge in [-0.3, -0.25) is 24.3 Å². The summed E-state index contributed by atoms with van der Waals surface area (Å²) < 4.78 is 5.40. The second-order valence-electron chi connectivity index (χ2n) is 11.9. The topological polar surface area (TPSA) is 125 Å². The van der Waals surface area contributed by atoms with Gasteiger partial charge in [-0.05, 0) is 58.4 Å². The minimum atomic E-state index is -0.824. The monoisotopic (exact) mass is 543 g/mol. The molecule has 1 aromatic rings. The van der Waals surface area contributed by atoms with E-state index >= 15 is 0 Å². The van der Waals surface area contributed by atoms with E-state index in [1.165, 1.54) is 17.0 Å². The molecule has 0 bridgehead atoms. The Balaban J connectivity index is 1.65. The first-order valence-electron chi connectivity index (χ1n) is 14.0. The molecule has 1 saturated heterocycles. The normalized spacial score (nSPS) is 19.6. The SMILES string of the molecule is C[C@@H](C(=O)N[C@H](C(=O)N1CC[C@H](C(=O)N(N)Cc2ccccc2)C1)C1CCCCC1)N(C)C(=O)OC(C)(C)C. The molecule has 3 atom stereocenters. The van der Waals surface area contributed by atoms with Crippen molar-refractivity contribution in [2.45, 2.75) is 90.4 Å². The van der Waals surface area contributed by atoms with E-state index < -0.39 is 29.7 Å². The highest BCUT2D eigenvalue weighted by Crippen LogP contribution is 2.29. The Labute approximate surface area is 232 Å². The zero-order chi connectivity index (χ0) is 28.7. The molecule has 0 aromatic heterocycles. The van der Waals surface area contributed by atoms with E-state index in [1.807, 2.05) is 30.3 Å². The van der Waals surface area contributed by atoms with Crippen LogP contribution < -0.4 is 11.2 Å². The fourth-order valence-electron chi connectivity index (χ4n) is 5.24. The van der Waals surface area contributed by atoms with Gasteiger partial charge in [0.2, 0.25) is 17.7 Å². The van der Waals surface area contributed by atoms with Crippen LogP contribution in [-0.2, 0) is 25.7 Å². The molecule has 3 N–H and O–H groups in total. The maximum atomic E-state index is 13.8. The minimum Gasteiger partial charge on any atom is -0.444 e. The number of nitrogens with one attached hydrogen (secondary N) is 1. The Hall–Kier alpha value is -3.14. The number of hydrogen-bond acceptors (Lipinski definition) is 6. The van der Waals surface area contributed by atoms with Crippen molar-refractivity contribution < 1.29 is 23.9 Å². The van der Waals surface area contributed by atoms with Gasteiger partial charge >= 0.3 is 6.09 Å². The summed E-state index contributed by atoms with van der Waals surface area (Å²) in [6, 6.07) is 8.00. The van der Waals surface area contributed by atoms with Crippen LogP contribution in [0.4, 0.5) is 4.79 Å². The standard InChI is InChI=1S/C29H45N5O5/c1-20(32(5)28(38)39-29(2,3)4)25(35)31-24(22-14-10-7-11-15-22)27(37)33-17-16-23(19-33)26(36)34(30)18-21-12-8-6-9-13-21/h6,8-9,12-13,20,22-24H,7,10-11,14-19,30H2,1-5H3,(H,31,35)/t20-,23-,24-/m0/s1. The van der Waals surface area contributed by atoms with Gasteiger partial charge in [0, 0.05) is 20.1 Å². The van der Waals surface area contributed by atoms with Crippen molar-refractivity contribution >= 4 is 23.8 Å². The molecule has 1 saturated carbocycles. The Morgan fingerprint density at radius 2 is 1.72 bits per heavy atom. The van der Waals surface area contributed by atoms with Crippen LogP contribution in [0, 0.1) is 11.8 Å². The largest absolute Gasteiger partial charge is 0.444 e. The van der Waals surface area contributed by atoms with Gasteiger partial charge in [0.05, 0.1) is 12.5 Å². The molecule has 10 nitrogen and oxygen atoms in total. The number of rotatable bonds is 8. The molecule has 1 aliphatic carbocycles. The Morgan fingerprint density at radius 1 is 1.08 bits per heavy atom. The fourth-order valence-corrected chi connectivity index (χ4v) is 5.24. The van der Waals surface area contributed by atoms with Crippen molar-refractivity contribution in [3.63, 3.8) is 0 Å². The smallest absolute Gasteiger partial charge is 0.410 e. The molecule has 1 aliphatic heterocycles. The van der Waals surface area contributed by atoms with Crippen molar-refractivity contribution in [3.8, 4) is 0 Å². The molecular weight excluding hydrogens is 498 g/mol. The molecule has 4 amide bonds. The molecule has 1 heterocycles. The number of nitrogens with zero attached hydrogens (tertiary/aromatic N) is 3. The van der Waals surface area contributed by atoms with Gasteiger partial charge in [0.15, 0.2) is 0 Å². The molecule has 2 aliphatic rings. The van der Waals surface area contributed by atoms with Crippen molar-refractivity contribution in [2.75, 3.05) is 20.1 Å². The second-order valence-corrected chi connectivity index (χ2v) is 11.9. The van der Waals surface area contributed by atoms with E-state index in [4.69, 9.17) is 10.6 Å². The molecule has 0 radical (unpaired) electrons. The van der Waals surface area contributed by atoms with Gasteiger partial charge in [0.1, 0.15) is 17.7 Å². The van der Waals surface area contributed by atoms with Gasteiger partial charge in [0.25, 0.3) is 0 Å². The van der Waals surface area contributed by atoms with Gasteiger partial charge in [-0.1, -0.05) is 49.6 Å². The van der Waals surface area contributed by atoms with E-state index in [0.29, 0.717) is 19.5 Å². The second kappa shape index (κ2) is 13.3. The summed E-state index contributed by atoms with van der Waals surface area (Å²) in [5, 5.41) is 4.19. The van der Waals surface area contributed by atoms with Crippen LogP contribution in [0.15, 0.2) is 30.3 Å². The summed E-state index contributed by atoms with van der Waals surface area (Å²) in [5.41, 5.74) is 0.247. The van der Waals surface area contributed by atoms with E-state index in [1.54, 1.807) is 32.6 Å². The van der Waals surface area contributed by atoms with Crippen LogP contribution in [-0.4, -0.2) is 76.4 Å². The van der Waals surface area contributed by atoms with Crippen molar-refractivity contribution in [2.24, 2.45) is 17.7 Å². The summed E-state index contributed by atoms with van der Waals surface area (Å²) in [6.45, 7) is 7.92. The maximum absolute atomic E-state index is 13.8. The predicted octanol–water partition coefficient (Wildman–Crippen LogP) is 3.06. The molecule has 3 rings (SSSR count). The van der Waals surface area contributed by atoms with Crippen LogP contribution in [0.25, 0.3) is 0 Å². The number of likely N-dealkylation sites (tertiary alicyclic amines) is 1. The third kappa shape index (κ3) is 8.42. The summed E-state index contributed by atoms with van der Waals surface area (Å²) in [4.78, 5) is 55.5. The summed E-state index contributed by atoms with van der Waals surface area (Å²) in [5.74, 6) is 4.94. The summed E-state index contributed by atoms with van der Waals surface area (Å²) in [7, 11) is 1.51. The van der Waals surface area contributed by atoms with Crippen LogP contribution in [0.3, 0.4) is 0 Å². The van der Waals surface area contributed by atoms with E-state index in [9.17, 15) is 19.2 Å². The van der Waals surface area contributed by atoms with E-state index in [-0.39, 0.29) is 30.2 Å². The van der Waals surface area contributed by atoms with Crippen molar-refractivity contribution in [1.82, 2.24) is 20.1 Å². The van der Waals surface area contributed by atoms with Gasteiger partial charge in [-0.25, -0.2) is 10.6 Å². The first-order valence-corrected chi connectivity index (χ1v) is 14.0. The molecular formula is C29H45N5O5. The number of amides is 4. The zero-order valence-corrected chi connectivity index (χ0v) is 24.0. The minimum absolute atomic E-state index is 0.00747. The Bertz CT molecular complexity index is 1010. The van der Waals surface area contributed by atoms with Crippen LogP contribution >= 0.6 is 0 Å². The summed E-state index contributed by atoms with van der Waals surface area (Å²) in [6.07, 6.45) is 4.72. The van der Waals surface area contributed by atoms with Crippen molar-refractivity contribution in [1.29, 1.82) is 0 Å². The van der Waals surface area contributed by atoms with Crippen molar-refractivity contribution in [3.05, 3.63) is 35.9 Å². The summed E-state index contributed by atoms with van der Waals surface area (Å²) >= 11 is 0. The lowest BCUT2D eigenvalue weighted by molar-refractivity contribution is -0.140. The number of hydrazine groups is 1. The lowest BCUT2D eigenvalue weighted by atomic mass is 9.83. The quantitative estimate of drug-likeness (QED) is 0.295. The molecule has 39 heavy (non-hydrogen) atoms. The third-order valence-electron chi connectivity index (χ3n) is 7.65. The van der Waals surface area contributed by atoms with Gasteiger partial charge in [-0.15, -0.1) is 0 Å². The average Bonchev–Trinajstić information content (AvgIpc) is 3.40. The third-order valence-corrected chi connectivity index (χ3v) is 7.65. The number of carbonyl (C=O) groups is 4. The molecule has 2 fully saturated rings. The molecule has 0 unspecified atom stereocenters. The highest BCUT2D eigenvalue weighted by molar-refractivity contribution is 5.92. The van der Waals surface area contributed by atoms with E-state index in [2.05, 4.69) is 5.32 Å². The number of carbonyl (C=O) groups excluding carboxylic acids is 4. The predicted molar refractivity (Wildman–Crippen MR) is 148 cm³/mol. The molecule has 0 spiro atoms. The highest BCUT2D eigenvalue weighted by atomic mass is 16.6.